The molecule has 0 amide bonds. The fraction of sp³-hybridized carbons (Fsp3) is 0.182. The Balaban J connectivity index is 1.64. The van der Waals surface area contributed by atoms with Crippen LogP contribution in [0, 0.1) is 0 Å². The molecule has 3 nitrogen and oxygen atoms in total. The van der Waals surface area contributed by atoms with Crippen LogP contribution >= 0.6 is 0 Å². The monoisotopic (exact) mass is 331 g/mol. The number of rotatable bonds is 7. The fourth-order valence-corrected chi connectivity index (χ4v) is 2.81. The molecular formula is C22H21NO2. The predicted molar refractivity (Wildman–Crippen MR) is 98.2 cm³/mol. The van der Waals surface area contributed by atoms with E-state index in [4.69, 9.17) is 4.74 Å². The SMILES string of the molecule is O=C(OCCCc1ccccn1)C(c1ccccc1)c1ccccc1. The van der Waals surface area contributed by atoms with Crippen LogP contribution in [0.15, 0.2) is 85.1 Å². The lowest BCUT2D eigenvalue weighted by atomic mass is 9.91. The van der Waals surface area contributed by atoms with Crippen molar-refractivity contribution in [1.29, 1.82) is 0 Å². The van der Waals surface area contributed by atoms with Crippen molar-refractivity contribution < 1.29 is 9.53 Å². The second kappa shape index (κ2) is 8.78. The van der Waals surface area contributed by atoms with E-state index in [0.717, 1.165) is 29.7 Å². The number of aryl methyl sites for hydroxylation is 1. The van der Waals surface area contributed by atoms with Gasteiger partial charge >= 0.3 is 5.97 Å². The first-order valence-electron chi connectivity index (χ1n) is 8.51. The van der Waals surface area contributed by atoms with Crippen LogP contribution in [0.5, 0.6) is 0 Å². The minimum Gasteiger partial charge on any atom is -0.465 e. The zero-order valence-electron chi connectivity index (χ0n) is 14.0. The van der Waals surface area contributed by atoms with Crippen LogP contribution in [0.1, 0.15) is 29.2 Å². The van der Waals surface area contributed by atoms with Gasteiger partial charge in [0.1, 0.15) is 5.92 Å². The maximum absolute atomic E-state index is 12.7. The van der Waals surface area contributed by atoms with Crippen molar-refractivity contribution in [3.05, 3.63) is 102 Å². The number of carbonyl (C=O) groups is 1. The fourth-order valence-electron chi connectivity index (χ4n) is 2.81. The minimum absolute atomic E-state index is 0.210. The standard InChI is InChI=1S/C22H21NO2/c24-22(25-17-9-15-20-14-7-8-16-23-20)21(18-10-3-1-4-11-18)19-12-5-2-6-13-19/h1-8,10-14,16,21H,9,15,17H2. The van der Waals surface area contributed by atoms with Gasteiger partial charge in [-0.1, -0.05) is 66.7 Å². The highest BCUT2D eigenvalue weighted by Gasteiger charge is 2.23. The van der Waals surface area contributed by atoms with Gasteiger partial charge in [0.15, 0.2) is 0 Å². The molecule has 0 unspecified atom stereocenters. The summed E-state index contributed by atoms with van der Waals surface area (Å²) in [6.45, 7) is 0.394. The molecular weight excluding hydrogens is 310 g/mol. The molecule has 126 valence electrons. The van der Waals surface area contributed by atoms with Crippen molar-refractivity contribution in [3.63, 3.8) is 0 Å². The van der Waals surface area contributed by atoms with Crippen molar-refractivity contribution in [2.45, 2.75) is 18.8 Å². The van der Waals surface area contributed by atoms with Gasteiger partial charge in [0.25, 0.3) is 0 Å². The zero-order chi connectivity index (χ0) is 17.3. The van der Waals surface area contributed by atoms with Gasteiger partial charge in [-0.25, -0.2) is 0 Å². The Labute approximate surface area is 148 Å². The topological polar surface area (TPSA) is 39.2 Å². The summed E-state index contributed by atoms with van der Waals surface area (Å²) in [7, 11) is 0. The van der Waals surface area contributed by atoms with Gasteiger partial charge in [-0.3, -0.25) is 9.78 Å². The van der Waals surface area contributed by atoms with Gasteiger partial charge in [-0.2, -0.15) is 0 Å². The third-order valence-electron chi connectivity index (χ3n) is 4.05. The van der Waals surface area contributed by atoms with Crippen LogP contribution < -0.4 is 0 Å². The van der Waals surface area contributed by atoms with Gasteiger partial charge in [-0.15, -0.1) is 0 Å². The van der Waals surface area contributed by atoms with Crippen molar-refractivity contribution in [3.8, 4) is 0 Å². The van der Waals surface area contributed by atoms with Gasteiger partial charge in [0.2, 0.25) is 0 Å². The van der Waals surface area contributed by atoms with E-state index < -0.39 is 5.92 Å². The number of pyridine rings is 1. The highest BCUT2D eigenvalue weighted by atomic mass is 16.5. The van der Waals surface area contributed by atoms with E-state index in [1.807, 2.05) is 78.9 Å². The molecule has 0 bridgehead atoms. The molecule has 1 heterocycles. The normalized spacial score (nSPS) is 10.6. The number of carbonyl (C=O) groups excluding carboxylic acids is 1. The van der Waals surface area contributed by atoms with E-state index in [0.29, 0.717) is 6.61 Å². The van der Waals surface area contributed by atoms with Crippen LogP contribution in [0.2, 0.25) is 0 Å². The average molecular weight is 331 g/mol. The number of benzene rings is 2. The Kier molecular flexibility index (Phi) is 5.94. The van der Waals surface area contributed by atoms with Gasteiger partial charge in [-0.05, 0) is 36.1 Å². The molecule has 0 atom stereocenters. The Morgan fingerprint density at radius 2 is 1.44 bits per heavy atom. The Hall–Kier alpha value is -2.94. The molecule has 25 heavy (non-hydrogen) atoms. The van der Waals surface area contributed by atoms with Crippen LogP contribution in [-0.2, 0) is 16.0 Å². The molecule has 3 heteroatoms. The molecule has 0 aliphatic carbocycles. The first-order chi connectivity index (χ1) is 12.3. The summed E-state index contributed by atoms with van der Waals surface area (Å²) < 4.78 is 5.57. The van der Waals surface area contributed by atoms with Gasteiger partial charge in [0.05, 0.1) is 6.61 Å². The molecule has 0 N–H and O–H groups in total. The van der Waals surface area contributed by atoms with Gasteiger partial charge in [0, 0.05) is 11.9 Å². The third kappa shape index (κ3) is 4.77. The summed E-state index contributed by atoms with van der Waals surface area (Å²) in [5, 5.41) is 0. The number of ether oxygens (including phenoxy) is 1. The number of aromatic nitrogens is 1. The van der Waals surface area contributed by atoms with Crippen molar-refractivity contribution in [1.82, 2.24) is 4.98 Å². The summed E-state index contributed by atoms with van der Waals surface area (Å²) in [4.78, 5) is 17.0. The molecule has 0 aliphatic heterocycles. The molecule has 1 aromatic heterocycles. The number of esters is 1. The van der Waals surface area contributed by atoms with Crippen LogP contribution in [0.4, 0.5) is 0 Å². The smallest absolute Gasteiger partial charge is 0.317 e. The second-order valence-electron chi connectivity index (χ2n) is 5.85. The number of hydrogen-bond donors (Lipinski definition) is 0. The first kappa shape index (κ1) is 16.9. The van der Waals surface area contributed by atoms with Crippen LogP contribution in [0.25, 0.3) is 0 Å². The molecule has 3 aromatic rings. The molecule has 0 saturated heterocycles. The summed E-state index contributed by atoms with van der Waals surface area (Å²) in [6.07, 6.45) is 3.34. The third-order valence-corrected chi connectivity index (χ3v) is 4.05. The van der Waals surface area contributed by atoms with Crippen molar-refractivity contribution >= 4 is 5.97 Å². The predicted octanol–water partition coefficient (Wildman–Crippen LogP) is 4.39. The molecule has 0 saturated carbocycles. The van der Waals surface area contributed by atoms with E-state index in [9.17, 15) is 4.79 Å². The molecule has 0 fully saturated rings. The lowest BCUT2D eigenvalue weighted by molar-refractivity contribution is -0.144. The van der Waals surface area contributed by atoms with E-state index >= 15 is 0 Å². The van der Waals surface area contributed by atoms with Crippen LogP contribution in [0.3, 0.4) is 0 Å². The molecule has 0 aliphatic rings. The number of hydrogen-bond acceptors (Lipinski definition) is 3. The van der Waals surface area contributed by atoms with Crippen molar-refractivity contribution in [2.75, 3.05) is 6.61 Å². The Morgan fingerprint density at radius 3 is 2.00 bits per heavy atom. The quantitative estimate of drug-likeness (QED) is 0.476. The summed E-state index contributed by atoms with van der Waals surface area (Å²) in [5.74, 6) is -0.601. The maximum Gasteiger partial charge on any atom is 0.317 e. The van der Waals surface area contributed by atoms with Crippen LogP contribution in [-0.4, -0.2) is 17.6 Å². The van der Waals surface area contributed by atoms with Gasteiger partial charge < -0.3 is 4.74 Å². The summed E-state index contributed by atoms with van der Waals surface area (Å²) in [5.41, 5.74) is 2.91. The van der Waals surface area contributed by atoms with E-state index in [1.54, 1.807) is 6.20 Å². The summed E-state index contributed by atoms with van der Waals surface area (Å²) >= 11 is 0. The molecule has 2 aromatic carbocycles. The second-order valence-corrected chi connectivity index (χ2v) is 5.85. The minimum atomic E-state index is -0.391. The van der Waals surface area contributed by atoms with Crippen molar-refractivity contribution in [2.24, 2.45) is 0 Å². The lowest BCUT2D eigenvalue weighted by Crippen LogP contribution is -2.18. The summed E-state index contributed by atoms with van der Waals surface area (Å²) in [6, 6.07) is 25.4. The lowest BCUT2D eigenvalue weighted by Gasteiger charge is -2.17. The number of nitrogens with zero attached hydrogens (tertiary/aromatic N) is 1. The average Bonchev–Trinajstić information content (AvgIpc) is 2.68. The maximum atomic E-state index is 12.7. The molecule has 0 spiro atoms. The van der Waals surface area contributed by atoms with E-state index in [1.165, 1.54) is 0 Å². The molecule has 3 rings (SSSR count). The zero-order valence-corrected chi connectivity index (χ0v) is 14.0. The highest BCUT2D eigenvalue weighted by molar-refractivity contribution is 5.82. The molecule has 0 radical (unpaired) electrons. The highest BCUT2D eigenvalue weighted by Crippen LogP contribution is 2.26. The first-order valence-corrected chi connectivity index (χ1v) is 8.51. The Bertz CT molecular complexity index is 733. The largest absolute Gasteiger partial charge is 0.465 e. The van der Waals surface area contributed by atoms with E-state index in [2.05, 4.69) is 4.98 Å². The Morgan fingerprint density at radius 1 is 0.840 bits per heavy atom. The van der Waals surface area contributed by atoms with E-state index in [-0.39, 0.29) is 5.97 Å².